The number of amides is 1. The summed E-state index contributed by atoms with van der Waals surface area (Å²) in [7, 11) is 0. The second-order valence-electron chi connectivity index (χ2n) is 7.36. The van der Waals surface area contributed by atoms with E-state index in [1.165, 1.54) is 0 Å². The fraction of sp³-hybridized carbons (Fsp3) is 0.333. The van der Waals surface area contributed by atoms with Crippen molar-refractivity contribution in [3.8, 4) is 5.75 Å². The summed E-state index contributed by atoms with van der Waals surface area (Å²) in [6.07, 6.45) is -1.14. The number of aromatic hydroxyl groups is 1. The van der Waals surface area contributed by atoms with Crippen molar-refractivity contribution in [2.75, 3.05) is 17.7 Å². The number of anilines is 1. The number of phenols is 1. The molecule has 0 aliphatic heterocycles. The number of carbonyl (C=O) groups excluding carboxylic acids is 2. The highest BCUT2D eigenvalue weighted by Crippen LogP contribution is 2.46. The van der Waals surface area contributed by atoms with Crippen LogP contribution in [0.2, 0.25) is 0 Å². The van der Waals surface area contributed by atoms with Crippen LogP contribution in [0.3, 0.4) is 0 Å². The van der Waals surface area contributed by atoms with Gasteiger partial charge in [-0.2, -0.15) is 12.6 Å². The number of ether oxygens (including phenoxy) is 2. The van der Waals surface area contributed by atoms with E-state index in [0.29, 0.717) is 26.6 Å². The number of carbonyl (C=O) groups is 2. The average Bonchev–Trinajstić information content (AvgIpc) is 2.70. The van der Waals surface area contributed by atoms with E-state index in [1.807, 2.05) is 13.8 Å². The molecule has 0 unspecified atom stereocenters. The lowest BCUT2D eigenvalue weighted by Gasteiger charge is -2.34. The van der Waals surface area contributed by atoms with Gasteiger partial charge < -0.3 is 14.6 Å². The molecule has 1 atom stereocenters. The highest BCUT2D eigenvalue weighted by atomic mass is 79.9. The minimum Gasteiger partial charge on any atom is -0.506 e. The van der Waals surface area contributed by atoms with Gasteiger partial charge in [0, 0.05) is 25.6 Å². The SMILES string of the molecule is CC(C)(CCOC(=O)CS)[C@@H](OC(=O)Nc1ccc(Br)cc1)c1cc(Br)cc(Br)c1O. The molecule has 2 aromatic rings. The van der Waals surface area contributed by atoms with E-state index in [0.717, 1.165) is 4.47 Å². The van der Waals surface area contributed by atoms with Crippen LogP contribution in [-0.4, -0.2) is 29.5 Å². The molecule has 0 heterocycles. The molecule has 0 aliphatic carbocycles. The highest BCUT2D eigenvalue weighted by Gasteiger charge is 2.37. The quantitative estimate of drug-likeness (QED) is 0.217. The summed E-state index contributed by atoms with van der Waals surface area (Å²) in [5, 5.41) is 13.4. The van der Waals surface area contributed by atoms with E-state index in [-0.39, 0.29) is 18.1 Å². The molecule has 0 radical (unpaired) electrons. The molecule has 0 aliphatic rings. The zero-order valence-electron chi connectivity index (χ0n) is 16.8. The molecule has 0 spiro atoms. The van der Waals surface area contributed by atoms with E-state index < -0.39 is 23.6 Å². The van der Waals surface area contributed by atoms with E-state index in [1.54, 1.807) is 36.4 Å². The molecule has 6 nitrogen and oxygen atoms in total. The molecule has 2 aromatic carbocycles. The van der Waals surface area contributed by atoms with E-state index in [4.69, 9.17) is 9.47 Å². The molecular formula is C21H22Br3NO5S. The Kier molecular flexibility index (Phi) is 9.72. The van der Waals surface area contributed by atoms with Crippen LogP contribution in [0.5, 0.6) is 5.75 Å². The molecule has 168 valence electrons. The fourth-order valence-electron chi connectivity index (χ4n) is 2.82. The van der Waals surface area contributed by atoms with Crippen LogP contribution in [0.1, 0.15) is 31.9 Å². The van der Waals surface area contributed by atoms with Gasteiger partial charge in [-0.3, -0.25) is 10.1 Å². The van der Waals surface area contributed by atoms with E-state index >= 15 is 0 Å². The molecule has 0 saturated carbocycles. The van der Waals surface area contributed by atoms with Gasteiger partial charge in [-0.25, -0.2) is 4.79 Å². The Hall–Kier alpha value is -1.23. The fourth-order valence-corrected chi connectivity index (χ4v) is 4.44. The number of nitrogens with one attached hydrogen (secondary N) is 1. The third-order valence-electron chi connectivity index (χ3n) is 4.50. The first kappa shape index (κ1) is 26.0. The first-order chi connectivity index (χ1) is 14.5. The van der Waals surface area contributed by atoms with Crippen molar-refractivity contribution in [2.45, 2.75) is 26.4 Å². The first-order valence-electron chi connectivity index (χ1n) is 9.21. The predicted octanol–water partition coefficient (Wildman–Crippen LogP) is 6.86. The van der Waals surface area contributed by atoms with Gasteiger partial charge >= 0.3 is 12.1 Å². The summed E-state index contributed by atoms with van der Waals surface area (Å²) in [5.74, 6) is -0.488. The minimum absolute atomic E-state index is 0.0185. The van der Waals surface area contributed by atoms with Gasteiger partial charge in [0.25, 0.3) is 0 Å². The number of rotatable bonds is 8. The number of halogens is 3. The van der Waals surface area contributed by atoms with Gasteiger partial charge in [0.05, 0.1) is 16.8 Å². The van der Waals surface area contributed by atoms with Crippen LogP contribution >= 0.6 is 60.4 Å². The van der Waals surface area contributed by atoms with Crippen molar-refractivity contribution in [2.24, 2.45) is 5.41 Å². The van der Waals surface area contributed by atoms with Crippen LogP contribution in [-0.2, 0) is 14.3 Å². The van der Waals surface area contributed by atoms with Gasteiger partial charge in [-0.15, -0.1) is 0 Å². The molecule has 31 heavy (non-hydrogen) atoms. The van der Waals surface area contributed by atoms with Crippen molar-refractivity contribution in [1.29, 1.82) is 0 Å². The molecular weight excluding hydrogens is 618 g/mol. The average molecular weight is 640 g/mol. The van der Waals surface area contributed by atoms with Crippen molar-refractivity contribution in [3.63, 3.8) is 0 Å². The zero-order valence-corrected chi connectivity index (χ0v) is 22.5. The standard InChI is InChI=1S/C21H22Br3NO5S/c1-21(2,7-8-29-17(26)11-31)19(15-9-13(23)10-16(24)18(15)27)30-20(28)25-14-5-3-12(22)4-6-14/h3-6,9-10,19,27,31H,7-8,11H2,1-2H3,(H,25,28)/t19-/m0/s1. The molecule has 2 rings (SSSR count). The molecule has 0 saturated heterocycles. The Morgan fingerprint density at radius 3 is 2.39 bits per heavy atom. The molecule has 0 aromatic heterocycles. The lowest BCUT2D eigenvalue weighted by Crippen LogP contribution is -2.30. The molecule has 0 fully saturated rings. The van der Waals surface area contributed by atoms with Crippen LogP contribution < -0.4 is 5.32 Å². The first-order valence-corrected chi connectivity index (χ1v) is 12.2. The van der Waals surface area contributed by atoms with Gasteiger partial charge in [0.1, 0.15) is 11.9 Å². The van der Waals surface area contributed by atoms with Crippen LogP contribution in [0.25, 0.3) is 0 Å². The van der Waals surface area contributed by atoms with Crippen molar-refractivity contribution in [1.82, 2.24) is 0 Å². The third kappa shape index (κ3) is 7.69. The smallest absolute Gasteiger partial charge is 0.412 e. The maximum atomic E-state index is 12.7. The van der Waals surface area contributed by atoms with Crippen LogP contribution in [0, 0.1) is 5.41 Å². The largest absolute Gasteiger partial charge is 0.506 e. The van der Waals surface area contributed by atoms with E-state index in [9.17, 15) is 14.7 Å². The van der Waals surface area contributed by atoms with Gasteiger partial charge in [0.2, 0.25) is 0 Å². The van der Waals surface area contributed by atoms with Crippen molar-refractivity contribution >= 4 is 78.2 Å². The van der Waals surface area contributed by atoms with Crippen LogP contribution in [0.4, 0.5) is 10.5 Å². The summed E-state index contributed by atoms with van der Waals surface area (Å²) in [4.78, 5) is 24.1. The van der Waals surface area contributed by atoms with E-state index in [2.05, 4.69) is 65.7 Å². The number of benzene rings is 2. The minimum atomic E-state index is -0.841. The summed E-state index contributed by atoms with van der Waals surface area (Å²) < 4.78 is 13.0. The Morgan fingerprint density at radius 1 is 1.13 bits per heavy atom. The normalized spacial score (nSPS) is 12.2. The third-order valence-corrected chi connectivity index (χ3v) is 6.35. The molecule has 10 heteroatoms. The molecule has 2 N–H and O–H groups in total. The lowest BCUT2D eigenvalue weighted by atomic mass is 9.79. The summed E-state index contributed by atoms with van der Waals surface area (Å²) in [5.41, 5.74) is 0.288. The number of hydrogen-bond acceptors (Lipinski definition) is 6. The second kappa shape index (κ2) is 11.6. The maximum absolute atomic E-state index is 12.7. The van der Waals surface area contributed by atoms with Crippen molar-refractivity contribution in [3.05, 3.63) is 55.4 Å². The summed E-state index contributed by atoms with van der Waals surface area (Å²) in [6, 6.07) is 10.4. The number of thiol groups is 1. The Labute approximate surface area is 211 Å². The predicted molar refractivity (Wildman–Crippen MR) is 134 cm³/mol. The van der Waals surface area contributed by atoms with Crippen LogP contribution in [0.15, 0.2) is 49.8 Å². The van der Waals surface area contributed by atoms with Gasteiger partial charge in [0.15, 0.2) is 0 Å². The topological polar surface area (TPSA) is 84.9 Å². The molecule has 1 amide bonds. The Morgan fingerprint density at radius 2 is 1.77 bits per heavy atom. The number of hydrogen-bond donors (Lipinski definition) is 3. The Balaban J connectivity index is 2.30. The van der Waals surface area contributed by atoms with Gasteiger partial charge in [-0.05, 0) is 58.7 Å². The monoisotopic (exact) mass is 637 g/mol. The second-order valence-corrected chi connectivity index (χ2v) is 10.4. The summed E-state index contributed by atoms with van der Waals surface area (Å²) in [6.45, 7) is 3.86. The zero-order chi connectivity index (χ0) is 23.2. The highest BCUT2D eigenvalue weighted by molar-refractivity contribution is 9.11. The Bertz CT molecular complexity index is 937. The van der Waals surface area contributed by atoms with Crippen molar-refractivity contribution < 1.29 is 24.2 Å². The number of esters is 1. The van der Waals surface area contributed by atoms with Gasteiger partial charge in [-0.1, -0.05) is 45.7 Å². The lowest BCUT2D eigenvalue weighted by molar-refractivity contribution is -0.141. The summed E-state index contributed by atoms with van der Waals surface area (Å²) >= 11 is 14.0. The number of phenolic OH excluding ortho intramolecular Hbond substituents is 1. The maximum Gasteiger partial charge on any atom is 0.412 e. The molecule has 0 bridgehead atoms.